The first-order valence-corrected chi connectivity index (χ1v) is 8.73. The fourth-order valence-electron chi connectivity index (χ4n) is 2.05. The number of sulfonamides is 1. The minimum Gasteiger partial charge on any atom is -0.398 e. The fraction of sp³-hybridized carbons (Fsp3) is 0.600. The topological polar surface area (TPSA) is 72.2 Å². The van der Waals surface area contributed by atoms with E-state index in [1.807, 2.05) is 13.8 Å². The van der Waals surface area contributed by atoms with Crippen LogP contribution in [-0.4, -0.2) is 14.5 Å². The Morgan fingerprint density at radius 1 is 1.25 bits per heavy atom. The maximum absolute atomic E-state index is 12.2. The van der Waals surface area contributed by atoms with Crippen molar-refractivity contribution < 1.29 is 8.42 Å². The van der Waals surface area contributed by atoms with E-state index in [0.29, 0.717) is 5.69 Å². The van der Waals surface area contributed by atoms with E-state index in [1.165, 1.54) is 18.9 Å². The van der Waals surface area contributed by atoms with E-state index >= 15 is 0 Å². The average molecular weight is 298 g/mol. The first-order valence-electron chi connectivity index (χ1n) is 7.25. The van der Waals surface area contributed by atoms with Gasteiger partial charge >= 0.3 is 0 Å². The predicted octanol–water partition coefficient (Wildman–Crippen LogP) is 3.21. The molecule has 0 aromatic heterocycles. The molecule has 0 radical (unpaired) electrons. The minimum atomic E-state index is -3.47. The van der Waals surface area contributed by atoms with Crippen LogP contribution >= 0.6 is 0 Å². The highest BCUT2D eigenvalue weighted by Crippen LogP contribution is 2.18. The maximum Gasteiger partial charge on any atom is 0.240 e. The highest BCUT2D eigenvalue weighted by molar-refractivity contribution is 7.89. The number of unbranched alkanes of at least 4 members (excludes halogenated alkanes) is 3. The predicted molar refractivity (Wildman–Crippen MR) is 84.1 cm³/mol. The lowest BCUT2D eigenvalue weighted by Gasteiger charge is -2.14. The van der Waals surface area contributed by atoms with Gasteiger partial charge in [0.15, 0.2) is 0 Å². The van der Waals surface area contributed by atoms with Gasteiger partial charge in [-0.15, -0.1) is 0 Å². The third-order valence-electron chi connectivity index (χ3n) is 3.41. The lowest BCUT2D eigenvalue weighted by atomic mass is 10.1. The molecule has 0 bridgehead atoms. The number of rotatable bonds is 8. The molecule has 1 aromatic carbocycles. The molecule has 1 atom stereocenters. The third kappa shape index (κ3) is 5.13. The second kappa shape index (κ2) is 7.64. The van der Waals surface area contributed by atoms with Gasteiger partial charge in [-0.2, -0.15) is 0 Å². The molecule has 0 heterocycles. The Kier molecular flexibility index (Phi) is 6.49. The Labute approximate surface area is 122 Å². The number of hydrogen-bond donors (Lipinski definition) is 2. The molecular formula is C15H26N2O2S. The zero-order valence-corrected chi connectivity index (χ0v) is 13.5. The summed E-state index contributed by atoms with van der Waals surface area (Å²) in [5.74, 6) is 0. The molecule has 1 rings (SSSR count). The number of anilines is 1. The SMILES string of the molecule is CCCCCCC(C)NS(=O)(=O)c1ccc(C)c(N)c1. The van der Waals surface area contributed by atoms with E-state index in [-0.39, 0.29) is 10.9 Å². The normalized spacial score (nSPS) is 13.3. The van der Waals surface area contributed by atoms with Crippen molar-refractivity contribution in [3.63, 3.8) is 0 Å². The Balaban J connectivity index is 2.62. The van der Waals surface area contributed by atoms with Crippen LogP contribution in [0.15, 0.2) is 23.1 Å². The molecule has 0 saturated heterocycles. The molecule has 0 amide bonds. The van der Waals surface area contributed by atoms with Gasteiger partial charge in [0, 0.05) is 11.7 Å². The number of aryl methyl sites for hydroxylation is 1. The Morgan fingerprint density at radius 3 is 2.55 bits per heavy atom. The zero-order valence-electron chi connectivity index (χ0n) is 12.6. The molecule has 0 aliphatic carbocycles. The van der Waals surface area contributed by atoms with Crippen LogP contribution in [0.4, 0.5) is 5.69 Å². The molecule has 4 nitrogen and oxygen atoms in total. The number of nitrogen functional groups attached to an aromatic ring is 1. The first-order chi connectivity index (χ1) is 9.36. The second-order valence-corrected chi connectivity index (χ2v) is 7.10. The number of nitrogens with one attached hydrogen (secondary N) is 1. The lowest BCUT2D eigenvalue weighted by Crippen LogP contribution is -2.32. The van der Waals surface area contributed by atoms with Crippen molar-refractivity contribution >= 4 is 15.7 Å². The number of nitrogens with two attached hydrogens (primary N) is 1. The van der Waals surface area contributed by atoms with Gasteiger partial charge in [-0.05, 0) is 38.0 Å². The van der Waals surface area contributed by atoms with Crippen molar-refractivity contribution in [2.75, 3.05) is 5.73 Å². The van der Waals surface area contributed by atoms with E-state index in [1.54, 1.807) is 12.1 Å². The molecule has 3 N–H and O–H groups in total. The van der Waals surface area contributed by atoms with Crippen LogP contribution in [-0.2, 0) is 10.0 Å². The van der Waals surface area contributed by atoms with E-state index in [2.05, 4.69) is 11.6 Å². The number of benzene rings is 1. The summed E-state index contributed by atoms with van der Waals surface area (Å²) in [6, 6.07) is 4.79. The molecule has 1 aromatic rings. The summed E-state index contributed by atoms with van der Waals surface area (Å²) in [5, 5.41) is 0. The summed E-state index contributed by atoms with van der Waals surface area (Å²) < 4.78 is 27.2. The van der Waals surface area contributed by atoms with E-state index in [9.17, 15) is 8.42 Å². The quantitative estimate of drug-likeness (QED) is 0.572. The van der Waals surface area contributed by atoms with Crippen molar-refractivity contribution in [3.05, 3.63) is 23.8 Å². The van der Waals surface area contributed by atoms with Gasteiger partial charge < -0.3 is 5.73 Å². The van der Waals surface area contributed by atoms with E-state index in [4.69, 9.17) is 5.73 Å². The Bertz CT molecular complexity index is 527. The third-order valence-corrected chi connectivity index (χ3v) is 5.00. The van der Waals surface area contributed by atoms with Crippen molar-refractivity contribution in [2.24, 2.45) is 0 Å². The highest BCUT2D eigenvalue weighted by Gasteiger charge is 2.17. The van der Waals surface area contributed by atoms with Crippen molar-refractivity contribution in [1.29, 1.82) is 0 Å². The van der Waals surface area contributed by atoms with Crippen LogP contribution in [0.25, 0.3) is 0 Å². The van der Waals surface area contributed by atoms with Gasteiger partial charge in [0.25, 0.3) is 0 Å². The molecule has 0 aliphatic heterocycles. The molecular weight excluding hydrogens is 272 g/mol. The summed E-state index contributed by atoms with van der Waals surface area (Å²) in [6.45, 7) is 5.92. The molecule has 0 fully saturated rings. The largest absolute Gasteiger partial charge is 0.398 e. The maximum atomic E-state index is 12.2. The molecule has 0 aliphatic rings. The van der Waals surface area contributed by atoms with Crippen LogP contribution in [0.2, 0.25) is 0 Å². The van der Waals surface area contributed by atoms with Crippen LogP contribution < -0.4 is 10.5 Å². The summed E-state index contributed by atoms with van der Waals surface area (Å²) in [7, 11) is -3.47. The van der Waals surface area contributed by atoms with Gasteiger partial charge in [-0.1, -0.05) is 38.7 Å². The smallest absolute Gasteiger partial charge is 0.240 e. The standard InChI is InChI=1S/C15H26N2O2S/c1-4-5-6-7-8-13(3)17-20(18,19)14-10-9-12(2)15(16)11-14/h9-11,13,17H,4-8,16H2,1-3H3. The summed E-state index contributed by atoms with van der Waals surface area (Å²) >= 11 is 0. The first kappa shape index (κ1) is 17.0. The Morgan fingerprint density at radius 2 is 1.95 bits per heavy atom. The Hall–Kier alpha value is -1.07. The lowest BCUT2D eigenvalue weighted by molar-refractivity contribution is 0.522. The van der Waals surface area contributed by atoms with Gasteiger partial charge in [0.1, 0.15) is 0 Å². The molecule has 0 spiro atoms. The van der Waals surface area contributed by atoms with Gasteiger partial charge in [0.05, 0.1) is 4.90 Å². The average Bonchev–Trinajstić information content (AvgIpc) is 2.37. The van der Waals surface area contributed by atoms with E-state index < -0.39 is 10.0 Å². The summed E-state index contributed by atoms with van der Waals surface area (Å²) in [4.78, 5) is 0.237. The van der Waals surface area contributed by atoms with Gasteiger partial charge in [0.2, 0.25) is 10.0 Å². The molecule has 20 heavy (non-hydrogen) atoms. The number of hydrogen-bond acceptors (Lipinski definition) is 3. The van der Waals surface area contributed by atoms with Crippen molar-refractivity contribution in [2.45, 2.75) is 63.8 Å². The molecule has 114 valence electrons. The molecule has 0 saturated carbocycles. The highest BCUT2D eigenvalue weighted by atomic mass is 32.2. The molecule has 1 unspecified atom stereocenters. The van der Waals surface area contributed by atoms with Gasteiger partial charge in [-0.25, -0.2) is 13.1 Å². The zero-order chi connectivity index (χ0) is 15.2. The summed E-state index contributed by atoms with van der Waals surface area (Å²) in [6.07, 6.45) is 5.45. The molecule has 5 heteroatoms. The van der Waals surface area contributed by atoms with Crippen LogP contribution in [0, 0.1) is 6.92 Å². The second-order valence-electron chi connectivity index (χ2n) is 5.39. The van der Waals surface area contributed by atoms with Gasteiger partial charge in [-0.3, -0.25) is 0 Å². The summed E-state index contributed by atoms with van der Waals surface area (Å²) in [5.41, 5.74) is 7.16. The minimum absolute atomic E-state index is 0.0561. The van der Waals surface area contributed by atoms with Crippen LogP contribution in [0.3, 0.4) is 0 Å². The van der Waals surface area contributed by atoms with E-state index in [0.717, 1.165) is 24.8 Å². The van der Waals surface area contributed by atoms with Crippen molar-refractivity contribution in [1.82, 2.24) is 4.72 Å². The van der Waals surface area contributed by atoms with Crippen molar-refractivity contribution in [3.8, 4) is 0 Å². The monoisotopic (exact) mass is 298 g/mol. The van der Waals surface area contributed by atoms with Crippen LogP contribution in [0.1, 0.15) is 51.5 Å². The van der Waals surface area contributed by atoms with Crippen LogP contribution in [0.5, 0.6) is 0 Å². The fourth-order valence-corrected chi connectivity index (χ4v) is 3.37.